The smallest absolute Gasteiger partial charge is 0.244 e. The van der Waals surface area contributed by atoms with E-state index in [4.69, 9.17) is 4.74 Å². The average molecular weight is 399 g/mol. The lowest BCUT2D eigenvalue weighted by Gasteiger charge is -2.26. The third-order valence-corrected chi connectivity index (χ3v) is 5.39. The molecule has 4 aromatic rings. The van der Waals surface area contributed by atoms with Crippen molar-refractivity contribution in [2.75, 3.05) is 26.3 Å². The predicted octanol–water partition coefficient (Wildman–Crippen LogP) is 3.02. The molecule has 0 N–H and O–H groups in total. The number of pyridine rings is 2. The van der Waals surface area contributed by atoms with E-state index in [9.17, 15) is 4.79 Å². The van der Waals surface area contributed by atoms with Crippen molar-refractivity contribution in [3.05, 3.63) is 67.5 Å². The van der Waals surface area contributed by atoms with Gasteiger partial charge in [0.15, 0.2) is 0 Å². The largest absolute Gasteiger partial charge is 0.378 e. The lowest BCUT2D eigenvalue weighted by Crippen LogP contribution is -2.42. The number of ether oxygens (including phenoxy) is 1. The second kappa shape index (κ2) is 8.04. The molecule has 30 heavy (non-hydrogen) atoms. The van der Waals surface area contributed by atoms with Crippen LogP contribution in [0.1, 0.15) is 0 Å². The van der Waals surface area contributed by atoms with Crippen molar-refractivity contribution in [1.82, 2.24) is 24.6 Å². The molecule has 150 valence electrons. The van der Waals surface area contributed by atoms with Gasteiger partial charge in [-0.15, -0.1) is 0 Å². The monoisotopic (exact) mass is 399 g/mol. The van der Waals surface area contributed by atoms with E-state index in [2.05, 4.69) is 39.3 Å². The summed E-state index contributed by atoms with van der Waals surface area (Å²) in [5, 5.41) is 6.51. The Morgan fingerprint density at radius 3 is 2.53 bits per heavy atom. The molecule has 7 heteroatoms. The van der Waals surface area contributed by atoms with E-state index in [0.717, 1.165) is 33.0 Å². The number of rotatable bonds is 4. The van der Waals surface area contributed by atoms with Crippen molar-refractivity contribution in [1.29, 1.82) is 0 Å². The highest BCUT2D eigenvalue weighted by Crippen LogP contribution is 2.29. The second-order valence-electron chi connectivity index (χ2n) is 7.28. The van der Waals surface area contributed by atoms with E-state index in [1.165, 1.54) is 0 Å². The second-order valence-corrected chi connectivity index (χ2v) is 7.28. The third-order valence-electron chi connectivity index (χ3n) is 5.39. The minimum Gasteiger partial charge on any atom is -0.378 e. The topological polar surface area (TPSA) is 73.1 Å². The Bertz CT molecular complexity index is 1170. The summed E-state index contributed by atoms with van der Waals surface area (Å²) < 4.78 is 7.00. The molecule has 0 aliphatic carbocycles. The predicted molar refractivity (Wildman–Crippen MR) is 114 cm³/mol. The van der Waals surface area contributed by atoms with Crippen molar-refractivity contribution >= 4 is 16.7 Å². The highest BCUT2D eigenvalue weighted by atomic mass is 16.5. The fraction of sp³-hybridized carbons (Fsp3) is 0.217. The van der Waals surface area contributed by atoms with Crippen LogP contribution < -0.4 is 0 Å². The Morgan fingerprint density at radius 2 is 1.70 bits per heavy atom. The molecule has 0 radical (unpaired) electrons. The van der Waals surface area contributed by atoms with Gasteiger partial charge in [-0.05, 0) is 17.2 Å². The molecule has 0 saturated carbocycles. The van der Waals surface area contributed by atoms with Gasteiger partial charge in [0.05, 0.1) is 19.4 Å². The van der Waals surface area contributed by atoms with Gasteiger partial charge in [-0.25, -0.2) is 0 Å². The first-order valence-corrected chi connectivity index (χ1v) is 9.94. The first-order valence-electron chi connectivity index (χ1n) is 9.94. The summed E-state index contributed by atoms with van der Waals surface area (Å²) >= 11 is 0. The maximum Gasteiger partial charge on any atom is 0.244 e. The summed E-state index contributed by atoms with van der Waals surface area (Å²) in [6.45, 7) is 2.74. The Balaban J connectivity index is 1.34. The highest BCUT2D eigenvalue weighted by molar-refractivity contribution is 5.95. The number of nitrogens with zero attached hydrogens (tertiary/aromatic N) is 5. The van der Waals surface area contributed by atoms with E-state index >= 15 is 0 Å². The quantitative estimate of drug-likeness (QED) is 0.527. The summed E-state index contributed by atoms with van der Waals surface area (Å²) in [6, 6.07) is 10.3. The summed E-state index contributed by atoms with van der Waals surface area (Å²) in [6.07, 6.45) is 11.1. The minimum absolute atomic E-state index is 0.0698. The Morgan fingerprint density at radius 1 is 0.900 bits per heavy atom. The lowest BCUT2D eigenvalue weighted by atomic mass is 10.00. The summed E-state index contributed by atoms with van der Waals surface area (Å²) in [5.41, 5.74) is 4.17. The van der Waals surface area contributed by atoms with Crippen LogP contribution in [0.5, 0.6) is 0 Å². The van der Waals surface area contributed by atoms with Crippen LogP contribution in [0.25, 0.3) is 33.0 Å². The van der Waals surface area contributed by atoms with E-state index in [-0.39, 0.29) is 12.5 Å². The highest BCUT2D eigenvalue weighted by Gasteiger charge is 2.17. The molecular formula is C23H21N5O2. The van der Waals surface area contributed by atoms with Gasteiger partial charge in [-0.2, -0.15) is 5.10 Å². The number of fused-ring (bicyclic) bond motifs is 1. The van der Waals surface area contributed by atoms with Crippen LogP contribution in [0.2, 0.25) is 0 Å². The van der Waals surface area contributed by atoms with Gasteiger partial charge >= 0.3 is 0 Å². The molecule has 4 heterocycles. The molecule has 1 fully saturated rings. The maximum absolute atomic E-state index is 12.4. The van der Waals surface area contributed by atoms with Crippen LogP contribution in [-0.2, 0) is 16.1 Å². The molecule has 1 saturated heterocycles. The van der Waals surface area contributed by atoms with Crippen LogP contribution in [0, 0.1) is 0 Å². The SMILES string of the molecule is O=C(Cn1cc(-c2ccc(-c3cncc4ccncc34)cc2)cn1)N1CCOCC1. The minimum atomic E-state index is 0.0698. The van der Waals surface area contributed by atoms with E-state index in [0.29, 0.717) is 26.3 Å². The Labute approximate surface area is 173 Å². The van der Waals surface area contributed by atoms with Gasteiger partial charge in [0.2, 0.25) is 5.91 Å². The van der Waals surface area contributed by atoms with Gasteiger partial charge < -0.3 is 9.64 Å². The van der Waals surface area contributed by atoms with Crippen LogP contribution in [-0.4, -0.2) is 56.9 Å². The molecule has 7 nitrogen and oxygen atoms in total. The third kappa shape index (κ3) is 3.67. The van der Waals surface area contributed by atoms with Gasteiger partial charge in [-0.3, -0.25) is 19.4 Å². The number of carbonyl (C=O) groups excluding carboxylic acids is 1. The zero-order valence-electron chi connectivity index (χ0n) is 16.4. The van der Waals surface area contributed by atoms with Crippen molar-refractivity contribution in [3.8, 4) is 22.3 Å². The number of carbonyl (C=O) groups is 1. The number of amides is 1. The average Bonchev–Trinajstić information content (AvgIpc) is 3.28. The molecule has 0 atom stereocenters. The van der Waals surface area contributed by atoms with Gasteiger partial charge in [-0.1, -0.05) is 24.3 Å². The molecule has 5 rings (SSSR count). The maximum atomic E-state index is 12.4. The summed E-state index contributed by atoms with van der Waals surface area (Å²) in [4.78, 5) is 22.8. The summed E-state index contributed by atoms with van der Waals surface area (Å²) in [7, 11) is 0. The van der Waals surface area contributed by atoms with Crippen molar-refractivity contribution in [3.63, 3.8) is 0 Å². The van der Waals surface area contributed by atoms with Crippen molar-refractivity contribution < 1.29 is 9.53 Å². The zero-order chi connectivity index (χ0) is 20.3. The number of aromatic nitrogens is 4. The first kappa shape index (κ1) is 18.4. The van der Waals surface area contributed by atoms with Crippen LogP contribution >= 0.6 is 0 Å². The first-order chi connectivity index (χ1) is 14.8. The fourth-order valence-electron chi connectivity index (χ4n) is 3.73. The molecule has 0 unspecified atom stereocenters. The molecule has 1 amide bonds. The van der Waals surface area contributed by atoms with E-state index in [1.807, 2.05) is 35.8 Å². The summed E-state index contributed by atoms with van der Waals surface area (Å²) in [5.74, 6) is 0.0698. The Kier molecular flexibility index (Phi) is 4.94. The van der Waals surface area contributed by atoms with Crippen molar-refractivity contribution in [2.24, 2.45) is 0 Å². The Hall–Kier alpha value is -3.58. The van der Waals surface area contributed by atoms with Crippen LogP contribution in [0.4, 0.5) is 0 Å². The van der Waals surface area contributed by atoms with Gasteiger partial charge in [0, 0.05) is 66.0 Å². The molecule has 1 aliphatic heterocycles. The van der Waals surface area contributed by atoms with E-state index < -0.39 is 0 Å². The molecule has 1 aromatic carbocycles. The number of hydrogen-bond donors (Lipinski definition) is 0. The van der Waals surface area contributed by atoms with Crippen molar-refractivity contribution in [2.45, 2.75) is 6.54 Å². The van der Waals surface area contributed by atoms with Gasteiger partial charge in [0.1, 0.15) is 6.54 Å². The van der Waals surface area contributed by atoms with E-state index in [1.54, 1.807) is 17.1 Å². The molecule has 3 aromatic heterocycles. The molecular weight excluding hydrogens is 378 g/mol. The molecule has 1 aliphatic rings. The van der Waals surface area contributed by atoms with Crippen LogP contribution in [0.3, 0.4) is 0 Å². The molecule has 0 bridgehead atoms. The number of morpholine rings is 1. The standard InChI is InChI=1S/C23H21N5O2/c29-23(27-7-9-30-10-8-27)16-28-15-20(12-26-28)17-1-3-18(4-2-17)21-14-25-11-19-5-6-24-13-22(19)21/h1-6,11-15H,7-10,16H2. The van der Waals surface area contributed by atoms with Gasteiger partial charge in [0.25, 0.3) is 0 Å². The van der Waals surface area contributed by atoms with Crippen LogP contribution in [0.15, 0.2) is 67.5 Å². The number of benzene rings is 1. The zero-order valence-corrected chi connectivity index (χ0v) is 16.4. The number of hydrogen-bond acceptors (Lipinski definition) is 5. The lowest BCUT2D eigenvalue weighted by molar-refractivity contribution is -0.136. The molecule has 0 spiro atoms. The fourth-order valence-corrected chi connectivity index (χ4v) is 3.73. The normalized spacial score (nSPS) is 14.2.